The predicted molar refractivity (Wildman–Crippen MR) is 131 cm³/mol. The summed E-state index contributed by atoms with van der Waals surface area (Å²) in [4.78, 5) is 15.2. The second-order valence-corrected chi connectivity index (χ2v) is 9.62. The molecule has 1 saturated heterocycles. The zero-order chi connectivity index (χ0) is 22.8. The molecule has 3 heterocycles. The molecule has 33 heavy (non-hydrogen) atoms. The fourth-order valence-corrected chi connectivity index (χ4v) is 5.44. The Balaban J connectivity index is 1.32. The van der Waals surface area contributed by atoms with E-state index in [9.17, 15) is 4.79 Å². The van der Waals surface area contributed by atoms with E-state index in [1.54, 1.807) is 0 Å². The van der Waals surface area contributed by atoms with Gasteiger partial charge in [0, 0.05) is 25.0 Å². The van der Waals surface area contributed by atoms with Gasteiger partial charge in [0.15, 0.2) is 5.82 Å². The van der Waals surface area contributed by atoms with Gasteiger partial charge in [0.2, 0.25) is 5.91 Å². The van der Waals surface area contributed by atoms with E-state index in [0.717, 1.165) is 72.6 Å². The maximum absolute atomic E-state index is 12.9. The number of para-hydroxylation sites is 1. The number of amides is 1. The van der Waals surface area contributed by atoms with E-state index in [4.69, 9.17) is 5.10 Å². The molecule has 2 aromatic heterocycles. The summed E-state index contributed by atoms with van der Waals surface area (Å²) in [5.41, 5.74) is 3.89. The molecule has 1 saturated carbocycles. The minimum atomic E-state index is 0.0852. The number of nitrogens with one attached hydrogen (secondary N) is 1. The molecule has 0 bridgehead atoms. The molecular weight excluding hydrogens is 412 g/mol. The summed E-state index contributed by atoms with van der Waals surface area (Å²) < 4.78 is 1.98. The van der Waals surface area contributed by atoms with Crippen LogP contribution in [-0.4, -0.2) is 45.0 Å². The van der Waals surface area contributed by atoms with Crippen LogP contribution in [0.25, 0.3) is 16.6 Å². The van der Waals surface area contributed by atoms with Gasteiger partial charge in [-0.3, -0.25) is 4.79 Å². The van der Waals surface area contributed by atoms with Gasteiger partial charge in [0.05, 0.1) is 22.5 Å². The number of hydrogen-bond acceptors (Lipinski definition) is 5. The Labute approximate surface area is 195 Å². The minimum absolute atomic E-state index is 0.0852. The highest BCUT2D eigenvalue weighted by Gasteiger charge is 2.29. The molecule has 0 radical (unpaired) electrons. The van der Waals surface area contributed by atoms with Gasteiger partial charge in [0.25, 0.3) is 0 Å². The van der Waals surface area contributed by atoms with E-state index < -0.39 is 0 Å². The zero-order valence-electron chi connectivity index (χ0n) is 19.8. The topological polar surface area (TPSA) is 75.9 Å². The van der Waals surface area contributed by atoms with E-state index in [2.05, 4.69) is 39.5 Å². The third-order valence-electron chi connectivity index (χ3n) is 7.35. The summed E-state index contributed by atoms with van der Waals surface area (Å²) in [6, 6.07) is 10.6. The van der Waals surface area contributed by atoms with Gasteiger partial charge < -0.3 is 10.2 Å². The number of piperidine rings is 1. The number of anilines is 1. The average Bonchev–Trinajstić information content (AvgIpc) is 3.01. The van der Waals surface area contributed by atoms with Crippen LogP contribution >= 0.6 is 0 Å². The Morgan fingerprint density at radius 3 is 2.33 bits per heavy atom. The lowest BCUT2D eigenvalue weighted by atomic mass is 9.95. The molecule has 0 atom stereocenters. The van der Waals surface area contributed by atoms with Crippen molar-refractivity contribution in [3.63, 3.8) is 0 Å². The molecule has 1 aromatic carbocycles. The Morgan fingerprint density at radius 1 is 0.939 bits per heavy atom. The van der Waals surface area contributed by atoms with E-state index in [0.29, 0.717) is 6.04 Å². The number of aromatic nitrogens is 4. The molecule has 174 valence electrons. The van der Waals surface area contributed by atoms with Gasteiger partial charge in [-0.2, -0.15) is 10.2 Å². The second kappa shape index (κ2) is 9.49. The highest BCUT2D eigenvalue weighted by molar-refractivity contribution is 5.92. The van der Waals surface area contributed by atoms with Crippen molar-refractivity contribution in [3.8, 4) is 5.69 Å². The van der Waals surface area contributed by atoms with E-state index in [1.807, 2.05) is 29.8 Å². The van der Waals surface area contributed by atoms with Crippen LogP contribution in [0.3, 0.4) is 0 Å². The maximum atomic E-state index is 12.9. The van der Waals surface area contributed by atoms with Crippen molar-refractivity contribution in [3.05, 3.63) is 41.7 Å². The van der Waals surface area contributed by atoms with Crippen LogP contribution in [0.1, 0.15) is 62.8 Å². The Bertz CT molecular complexity index is 1110. The fraction of sp³-hybridized carbons (Fsp3) is 0.538. The van der Waals surface area contributed by atoms with E-state index in [-0.39, 0.29) is 11.8 Å². The molecule has 0 unspecified atom stereocenters. The number of hydrogen-bond donors (Lipinski definition) is 1. The lowest BCUT2D eigenvalue weighted by Crippen LogP contribution is -2.44. The van der Waals surface area contributed by atoms with Crippen LogP contribution in [0.15, 0.2) is 30.3 Å². The van der Waals surface area contributed by atoms with Crippen molar-refractivity contribution in [2.45, 2.75) is 71.3 Å². The van der Waals surface area contributed by atoms with Gasteiger partial charge in [-0.15, -0.1) is 5.10 Å². The Kier molecular flexibility index (Phi) is 6.29. The fourth-order valence-electron chi connectivity index (χ4n) is 5.44. The molecule has 3 aromatic rings. The first-order valence-corrected chi connectivity index (χ1v) is 12.4. The monoisotopic (exact) mass is 446 g/mol. The number of aryl methyl sites for hydroxylation is 2. The van der Waals surface area contributed by atoms with Crippen LogP contribution < -0.4 is 10.2 Å². The van der Waals surface area contributed by atoms with Gasteiger partial charge in [-0.1, -0.05) is 43.9 Å². The van der Waals surface area contributed by atoms with Gasteiger partial charge in [-0.05, 0) is 51.7 Å². The second-order valence-electron chi connectivity index (χ2n) is 9.62. The molecule has 7 nitrogen and oxygen atoms in total. The third-order valence-corrected chi connectivity index (χ3v) is 7.35. The lowest BCUT2D eigenvalue weighted by Gasteiger charge is -2.32. The highest BCUT2D eigenvalue weighted by atomic mass is 16.1. The molecule has 2 aliphatic rings. The summed E-state index contributed by atoms with van der Waals surface area (Å²) in [5, 5.41) is 18.4. The average molecular weight is 447 g/mol. The number of fused-ring (bicyclic) bond motifs is 1. The normalized spacial score (nSPS) is 18.4. The number of rotatable bonds is 4. The third kappa shape index (κ3) is 4.45. The number of carbonyl (C=O) groups is 1. The van der Waals surface area contributed by atoms with Gasteiger partial charge in [-0.25, -0.2) is 4.68 Å². The molecule has 1 N–H and O–H groups in total. The summed E-state index contributed by atoms with van der Waals surface area (Å²) in [6.45, 7) is 5.68. The van der Waals surface area contributed by atoms with Gasteiger partial charge in [0.1, 0.15) is 5.52 Å². The summed E-state index contributed by atoms with van der Waals surface area (Å²) >= 11 is 0. The summed E-state index contributed by atoms with van der Waals surface area (Å²) in [7, 11) is 0. The molecule has 1 amide bonds. The van der Waals surface area contributed by atoms with Crippen molar-refractivity contribution in [1.29, 1.82) is 0 Å². The van der Waals surface area contributed by atoms with Gasteiger partial charge >= 0.3 is 0 Å². The van der Waals surface area contributed by atoms with Crippen molar-refractivity contribution in [2.75, 3.05) is 18.0 Å². The molecular formula is C26H34N6O. The van der Waals surface area contributed by atoms with Crippen LogP contribution in [0.2, 0.25) is 0 Å². The van der Waals surface area contributed by atoms with Crippen molar-refractivity contribution in [1.82, 2.24) is 25.3 Å². The Morgan fingerprint density at radius 2 is 1.64 bits per heavy atom. The first-order chi connectivity index (χ1) is 16.1. The molecule has 2 fully saturated rings. The smallest absolute Gasteiger partial charge is 0.223 e. The molecule has 1 aliphatic carbocycles. The van der Waals surface area contributed by atoms with Crippen LogP contribution in [0, 0.1) is 19.8 Å². The van der Waals surface area contributed by atoms with Crippen LogP contribution in [0.4, 0.5) is 5.82 Å². The van der Waals surface area contributed by atoms with Crippen LogP contribution in [0.5, 0.6) is 0 Å². The zero-order valence-corrected chi connectivity index (χ0v) is 19.8. The minimum Gasteiger partial charge on any atom is -0.353 e. The Hall–Kier alpha value is -2.96. The lowest BCUT2D eigenvalue weighted by molar-refractivity contribution is -0.126. The predicted octanol–water partition coefficient (Wildman–Crippen LogP) is 4.49. The quantitative estimate of drug-likeness (QED) is 0.598. The van der Waals surface area contributed by atoms with E-state index >= 15 is 0 Å². The number of nitrogens with zero attached hydrogens (tertiary/aromatic N) is 5. The molecule has 7 heteroatoms. The summed E-state index contributed by atoms with van der Waals surface area (Å²) in [6.07, 6.45) is 9.02. The van der Waals surface area contributed by atoms with Crippen molar-refractivity contribution >= 4 is 22.6 Å². The molecule has 0 spiro atoms. The molecule has 5 rings (SSSR count). The number of carbonyl (C=O) groups excluding carboxylic acids is 1. The first-order valence-electron chi connectivity index (χ1n) is 12.4. The standard InChI is InChI=1S/C26H34N6O/c1-18-23-19(2)32(22-12-8-5-9-13-22)30-24(23)25(29-28-18)31-16-14-20(15-17-31)26(33)27-21-10-6-3-4-7-11-21/h5,8-9,12-13,20-21H,3-4,6-7,10-11,14-17H2,1-2H3,(H,27,33). The van der Waals surface area contributed by atoms with Crippen molar-refractivity contribution in [2.24, 2.45) is 5.92 Å². The van der Waals surface area contributed by atoms with Crippen molar-refractivity contribution < 1.29 is 4.79 Å². The SMILES string of the molecule is Cc1nnc(N2CCC(C(=O)NC3CCCCCC3)CC2)c2nn(-c3ccccc3)c(C)c12. The highest BCUT2D eigenvalue weighted by Crippen LogP contribution is 2.31. The molecule has 1 aliphatic heterocycles. The van der Waals surface area contributed by atoms with Crippen LogP contribution in [-0.2, 0) is 4.79 Å². The number of benzene rings is 1. The maximum Gasteiger partial charge on any atom is 0.223 e. The first kappa shape index (κ1) is 21.9. The summed E-state index contributed by atoms with van der Waals surface area (Å²) in [5.74, 6) is 1.16. The van der Waals surface area contributed by atoms with E-state index in [1.165, 1.54) is 25.7 Å². The largest absolute Gasteiger partial charge is 0.353 e.